The van der Waals surface area contributed by atoms with Gasteiger partial charge >= 0.3 is 0 Å². The van der Waals surface area contributed by atoms with E-state index < -0.39 is 11.9 Å². The summed E-state index contributed by atoms with van der Waals surface area (Å²) < 4.78 is 14.5. The number of allylic oxidation sites excluding steroid dienone is 1. The molecular weight excluding hydrogens is 518 g/mol. The SMILES string of the molecule is CCOc1cc(C2C(C(N)=O)=C(C)Nc3nc(SCC)nn32)cc(Br)c1OCc1ccccc1. The number of aromatic nitrogens is 3. The fourth-order valence-electron chi connectivity index (χ4n) is 3.83. The Labute approximate surface area is 211 Å². The zero-order valence-corrected chi connectivity index (χ0v) is 21.6. The molecule has 1 unspecified atom stereocenters. The van der Waals surface area contributed by atoms with Gasteiger partial charge in [0.2, 0.25) is 17.0 Å². The van der Waals surface area contributed by atoms with Crippen molar-refractivity contribution >= 4 is 39.5 Å². The van der Waals surface area contributed by atoms with E-state index in [1.807, 2.05) is 63.2 Å². The topological polar surface area (TPSA) is 104 Å². The van der Waals surface area contributed by atoms with E-state index in [9.17, 15) is 4.79 Å². The van der Waals surface area contributed by atoms with Crippen LogP contribution >= 0.6 is 27.7 Å². The predicted molar refractivity (Wildman–Crippen MR) is 136 cm³/mol. The summed E-state index contributed by atoms with van der Waals surface area (Å²) in [7, 11) is 0. The number of rotatable bonds is 9. The van der Waals surface area contributed by atoms with Gasteiger partial charge in [-0.2, -0.15) is 4.98 Å². The third-order valence-corrected chi connectivity index (χ3v) is 6.55. The molecule has 0 bridgehead atoms. The molecule has 0 fully saturated rings. The Morgan fingerprint density at radius 1 is 1.24 bits per heavy atom. The van der Waals surface area contributed by atoms with E-state index in [-0.39, 0.29) is 0 Å². The number of anilines is 1. The van der Waals surface area contributed by atoms with Gasteiger partial charge in [0.05, 0.1) is 16.7 Å². The van der Waals surface area contributed by atoms with Gasteiger partial charge < -0.3 is 20.5 Å². The predicted octanol–water partition coefficient (Wildman–Crippen LogP) is 4.90. The van der Waals surface area contributed by atoms with Crippen LogP contribution in [0, 0.1) is 0 Å². The number of benzene rings is 2. The summed E-state index contributed by atoms with van der Waals surface area (Å²) >= 11 is 5.17. The first kappa shape index (κ1) is 24.2. The average molecular weight is 544 g/mol. The van der Waals surface area contributed by atoms with E-state index in [2.05, 4.69) is 31.3 Å². The number of carbonyl (C=O) groups is 1. The van der Waals surface area contributed by atoms with Gasteiger partial charge in [0.1, 0.15) is 12.6 Å². The minimum atomic E-state index is -0.564. The Hall–Kier alpha value is -2.98. The lowest BCUT2D eigenvalue weighted by Gasteiger charge is -2.28. The van der Waals surface area contributed by atoms with Crippen LogP contribution in [0.25, 0.3) is 0 Å². The summed E-state index contributed by atoms with van der Waals surface area (Å²) in [5.41, 5.74) is 8.69. The molecule has 10 heteroatoms. The van der Waals surface area contributed by atoms with Gasteiger partial charge in [-0.15, -0.1) is 5.10 Å². The number of halogens is 1. The molecular formula is C24H26BrN5O3S. The third kappa shape index (κ3) is 4.92. The van der Waals surface area contributed by atoms with Crippen LogP contribution in [0.3, 0.4) is 0 Å². The van der Waals surface area contributed by atoms with Crippen molar-refractivity contribution in [3.63, 3.8) is 0 Å². The van der Waals surface area contributed by atoms with Gasteiger partial charge in [-0.3, -0.25) is 4.79 Å². The number of hydrogen-bond acceptors (Lipinski definition) is 7. The van der Waals surface area contributed by atoms with Crippen LogP contribution in [-0.4, -0.2) is 33.0 Å². The second-order valence-electron chi connectivity index (χ2n) is 7.56. The number of thioether (sulfide) groups is 1. The lowest BCUT2D eigenvalue weighted by atomic mass is 9.95. The van der Waals surface area contributed by atoms with E-state index in [1.165, 1.54) is 11.8 Å². The van der Waals surface area contributed by atoms with Crippen LogP contribution in [0.15, 0.2) is 63.4 Å². The van der Waals surface area contributed by atoms with Crippen LogP contribution in [0.5, 0.6) is 11.5 Å². The number of hydrogen-bond donors (Lipinski definition) is 2. The summed E-state index contributed by atoms with van der Waals surface area (Å²) in [4.78, 5) is 17.1. The molecule has 1 atom stereocenters. The highest BCUT2D eigenvalue weighted by molar-refractivity contribution is 9.10. The van der Waals surface area contributed by atoms with Crippen LogP contribution in [-0.2, 0) is 11.4 Å². The van der Waals surface area contributed by atoms with E-state index in [4.69, 9.17) is 15.2 Å². The Kier molecular flexibility index (Phi) is 7.47. The Bertz CT molecular complexity index is 1230. The third-order valence-electron chi connectivity index (χ3n) is 5.25. The molecule has 1 aromatic heterocycles. The molecule has 0 saturated heterocycles. The molecule has 0 radical (unpaired) electrons. The molecule has 1 aliphatic rings. The lowest BCUT2D eigenvalue weighted by Crippen LogP contribution is -2.32. The monoisotopic (exact) mass is 543 g/mol. The maximum absolute atomic E-state index is 12.5. The zero-order chi connectivity index (χ0) is 24.2. The number of fused-ring (bicyclic) bond motifs is 1. The fraction of sp³-hybridized carbons (Fsp3) is 0.292. The first-order valence-electron chi connectivity index (χ1n) is 10.9. The number of carbonyl (C=O) groups excluding carboxylic acids is 1. The number of primary amides is 1. The van der Waals surface area contributed by atoms with Crippen LogP contribution in [0.4, 0.5) is 5.95 Å². The number of amides is 1. The number of nitrogens with two attached hydrogens (primary N) is 1. The summed E-state index contributed by atoms with van der Waals surface area (Å²) in [6.07, 6.45) is 0. The molecule has 0 aliphatic carbocycles. The van der Waals surface area contributed by atoms with Crippen LogP contribution in [0.2, 0.25) is 0 Å². The minimum absolute atomic E-state index is 0.391. The van der Waals surface area contributed by atoms with Crippen molar-refractivity contribution in [1.82, 2.24) is 14.8 Å². The normalized spacial score (nSPS) is 15.0. The quantitative estimate of drug-likeness (QED) is 0.369. The second kappa shape index (κ2) is 10.5. The molecule has 178 valence electrons. The first-order valence-corrected chi connectivity index (χ1v) is 12.7. The second-order valence-corrected chi connectivity index (χ2v) is 9.65. The van der Waals surface area contributed by atoms with Crippen molar-refractivity contribution in [2.45, 2.75) is 38.6 Å². The molecule has 2 heterocycles. The van der Waals surface area contributed by atoms with Gasteiger partial charge in [0.15, 0.2) is 11.5 Å². The van der Waals surface area contributed by atoms with Crippen molar-refractivity contribution < 1.29 is 14.3 Å². The van der Waals surface area contributed by atoms with Gasteiger partial charge in [-0.1, -0.05) is 49.0 Å². The number of nitrogens with zero attached hydrogens (tertiary/aromatic N) is 3. The van der Waals surface area contributed by atoms with Crippen LogP contribution < -0.4 is 20.5 Å². The van der Waals surface area contributed by atoms with E-state index in [1.54, 1.807) is 4.68 Å². The average Bonchev–Trinajstić information content (AvgIpc) is 3.20. The van der Waals surface area contributed by atoms with Crippen molar-refractivity contribution in [2.24, 2.45) is 5.73 Å². The summed E-state index contributed by atoms with van der Waals surface area (Å²) in [5, 5.41) is 8.43. The van der Waals surface area contributed by atoms with Gasteiger partial charge in [-0.05, 0) is 58.8 Å². The largest absolute Gasteiger partial charge is 0.490 e. The number of ether oxygens (including phenoxy) is 2. The summed E-state index contributed by atoms with van der Waals surface area (Å²) in [6.45, 7) is 6.60. The van der Waals surface area contributed by atoms with Crippen molar-refractivity contribution in [3.8, 4) is 11.5 Å². The Balaban J connectivity index is 1.78. The Morgan fingerprint density at radius 2 is 2.00 bits per heavy atom. The standard InChI is InChI=1S/C24H26BrN5O3S/c1-4-32-18-12-16(11-17(25)21(18)33-13-15-9-7-6-8-10-15)20-19(22(26)31)14(3)27-23-28-24(34-5-2)29-30(20)23/h6-12,20H,4-5,13H2,1-3H3,(H2,26,31)(H,27,28,29). The van der Waals surface area contributed by atoms with Gasteiger partial charge in [0, 0.05) is 5.70 Å². The van der Waals surface area contributed by atoms with Gasteiger partial charge in [0.25, 0.3) is 0 Å². The van der Waals surface area contributed by atoms with Crippen molar-refractivity contribution in [2.75, 3.05) is 17.7 Å². The fourth-order valence-corrected chi connectivity index (χ4v) is 4.96. The molecule has 1 aliphatic heterocycles. The maximum Gasteiger partial charge on any atom is 0.248 e. The van der Waals surface area contributed by atoms with Crippen molar-refractivity contribution in [3.05, 3.63) is 69.3 Å². The highest BCUT2D eigenvalue weighted by atomic mass is 79.9. The van der Waals surface area contributed by atoms with E-state index >= 15 is 0 Å². The molecule has 8 nitrogen and oxygen atoms in total. The van der Waals surface area contributed by atoms with Gasteiger partial charge in [-0.25, -0.2) is 4.68 Å². The lowest BCUT2D eigenvalue weighted by molar-refractivity contribution is -0.115. The molecule has 34 heavy (non-hydrogen) atoms. The maximum atomic E-state index is 12.5. The molecule has 1 amide bonds. The minimum Gasteiger partial charge on any atom is -0.490 e. The molecule has 2 aromatic carbocycles. The summed E-state index contributed by atoms with van der Waals surface area (Å²) in [6, 6.07) is 13.1. The van der Waals surface area contributed by atoms with Crippen LogP contribution in [0.1, 0.15) is 37.9 Å². The van der Waals surface area contributed by atoms with E-state index in [0.717, 1.165) is 16.9 Å². The molecule has 4 rings (SSSR count). The zero-order valence-electron chi connectivity index (χ0n) is 19.2. The smallest absolute Gasteiger partial charge is 0.248 e. The molecule has 0 spiro atoms. The molecule has 3 aromatic rings. The molecule has 0 saturated carbocycles. The number of nitrogens with one attached hydrogen (secondary N) is 1. The van der Waals surface area contributed by atoms with E-state index in [0.29, 0.717) is 51.6 Å². The highest BCUT2D eigenvalue weighted by Crippen LogP contribution is 2.43. The summed E-state index contributed by atoms with van der Waals surface area (Å²) in [5.74, 6) is 2.01. The highest BCUT2D eigenvalue weighted by Gasteiger charge is 2.34. The Morgan fingerprint density at radius 3 is 2.68 bits per heavy atom. The van der Waals surface area contributed by atoms with Crippen molar-refractivity contribution in [1.29, 1.82) is 0 Å². The first-order chi connectivity index (χ1) is 16.4. The molecule has 3 N–H and O–H groups in total.